The second kappa shape index (κ2) is 7.83. The molecule has 0 saturated heterocycles. The van der Waals surface area contributed by atoms with Gasteiger partial charge in [-0.25, -0.2) is 9.18 Å². The van der Waals surface area contributed by atoms with E-state index in [1.165, 1.54) is 23.3 Å². The Morgan fingerprint density at radius 3 is 2.78 bits per heavy atom. The summed E-state index contributed by atoms with van der Waals surface area (Å²) < 4.78 is 22.7. The molecule has 1 fully saturated rings. The van der Waals surface area contributed by atoms with Gasteiger partial charge >= 0.3 is 5.69 Å². The predicted octanol–water partition coefficient (Wildman–Crippen LogP) is 2.63. The van der Waals surface area contributed by atoms with Crippen LogP contribution in [0.3, 0.4) is 0 Å². The molecule has 2 aliphatic rings. The molecule has 7 nitrogen and oxygen atoms in total. The van der Waals surface area contributed by atoms with E-state index < -0.39 is 17.1 Å². The van der Waals surface area contributed by atoms with E-state index in [9.17, 15) is 14.7 Å². The number of ether oxygens (including phenoxy) is 1. The van der Waals surface area contributed by atoms with E-state index in [2.05, 4.69) is 4.98 Å². The summed E-state index contributed by atoms with van der Waals surface area (Å²) in [6.07, 6.45) is 4.14. The third kappa shape index (κ3) is 3.22. The summed E-state index contributed by atoms with van der Waals surface area (Å²) in [5.74, 6) is -0.542. The molecular weight excluding hydrogens is 433 g/mol. The molecule has 0 bridgehead atoms. The minimum absolute atomic E-state index is 0.000774. The van der Waals surface area contributed by atoms with Crippen LogP contribution in [0.2, 0.25) is 0 Å². The summed E-state index contributed by atoms with van der Waals surface area (Å²) in [5.41, 5.74) is 7.45. The molecule has 2 atom stereocenters. The molecular formula is C23H26FN3O4S. The lowest BCUT2D eigenvalue weighted by atomic mass is 9.84. The molecule has 0 spiro atoms. The van der Waals surface area contributed by atoms with Crippen LogP contribution in [0.5, 0.6) is 5.75 Å². The number of halogens is 1. The van der Waals surface area contributed by atoms with Crippen LogP contribution in [0.15, 0.2) is 15.7 Å². The molecule has 3 aromatic rings. The van der Waals surface area contributed by atoms with Gasteiger partial charge in [0.05, 0.1) is 19.2 Å². The van der Waals surface area contributed by atoms with Crippen LogP contribution in [-0.4, -0.2) is 34.4 Å². The summed E-state index contributed by atoms with van der Waals surface area (Å²) in [6.45, 7) is 1.71. The molecule has 2 aromatic heterocycles. The summed E-state index contributed by atoms with van der Waals surface area (Å²) in [7, 11) is 1.34. The third-order valence-electron chi connectivity index (χ3n) is 6.82. The summed E-state index contributed by atoms with van der Waals surface area (Å²) in [4.78, 5) is 29.6. The molecule has 170 valence electrons. The smallest absolute Gasteiger partial charge is 0.329 e. The van der Waals surface area contributed by atoms with Gasteiger partial charge in [-0.2, -0.15) is 0 Å². The van der Waals surface area contributed by atoms with Gasteiger partial charge < -0.3 is 15.6 Å². The van der Waals surface area contributed by atoms with E-state index in [1.54, 1.807) is 11.5 Å². The number of aliphatic hydroxyl groups is 1. The van der Waals surface area contributed by atoms with Crippen LogP contribution in [0.4, 0.5) is 4.39 Å². The quantitative estimate of drug-likeness (QED) is 0.543. The lowest BCUT2D eigenvalue weighted by Gasteiger charge is -2.26. The van der Waals surface area contributed by atoms with Gasteiger partial charge in [-0.3, -0.25) is 14.3 Å². The Balaban J connectivity index is 1.75. The van der Waals surface area contributed by atoms with Gasteiger partial charge in [0.15, 0.2) is 11.6 Å². The number of H-pyrrole nitrogens is 1. The van der Waals surface area contributed by atoms with Crippen LogP contribution in [-0.2, 0) is 12.8 Å². The van der Waals surface area contributed by atoms with E-state index in [4.69, 9.17) is 10.5 Å². The molecule has 2 heterocycles. The van der Waals surface area contributed by atoms with Crippen LogP contribution < -0.4 is 21.7 Å². The van der Waals surface area contributed by atoms with Crippen molar-refractivity contribution in [3.05, 3.63) is 48.7 Å². The molecule has 9 heteroatoms. The van der Waals surface area contributed by atoms with Crippen molar-refractivity contribution in [3.63, 3.8) is 0 Å². The Bertz CT molecular complexity index is 1340. The number of benzene rings is 1. The molecule has 0 amide bonds. The van der Waals surface area contributed by atoms with Gasteiger partial charge in [-0.1, -0.05) is 0 Å². The average Bonchev–Trinajstić information content (AvgIpc) is 3.52. The number of aliphatic hydroxyl groups excluding tert-OH is 1. The van der Waals surface area contributed by atoms with Gasteiger partial charge in [0, 0.05) is 27.4 Å². The topological polar surface area (TPSA) is 110 Å². The maximum Gasteiger partial charge on any atom is 0.329 e. The standard InChI is InChI=1S/C23H26FN3O4S/c1-10-17(16-8-12-7-11(14(25)9-28)3-6-15(12)32-16)19(24)21(31-2)18-20(10)27(13-4-5-13)23(30)26-22(18)29/h8,11,13-14,28H,3-7,9,25H2,1-2H3,(H,26,29,30). The maximum absolute atomic E-state index is 15.8. The Hall–Kier alpha value is -2.49. The number of aryl methyl sites for hydroxylation is 2. The number of nitrogens with two attached hydrogens (primary N) is 1. The van der Waals surface area contributed by atoms with Crippen molar-refractivity contribution in [1.82, 2.24) is 9.55 Å². The van der Waals surface area contributed by atoms with Crippen LogP contribution in [0.1, 0.15) is 41.3 Å². The number of hydrogen-bond donors (Lipinski definition) is 3. The number of rotatable bonds is 5. The summed E-state index contributed by atoms with van der Waals surface area (Å²) in [6, 6.07) is 1.71. The number of methoxy groups -OCH3 is 1. The second-order valence-electron chi connectivity index (χ2n) is 8.84. The molecule has 0 aliphatic heterocycles. The largest absolute Gasteiger partial charge is 0.493 e. The zero-order valence-corrected chi connectivity index (χ0v) is 18.9. The fourth-order valence-electron chi connectivity index (χ4n) is 4.99. The number of hydrogen-bond acceptors (Lipinski definition) is 6. The molecule has 0 radical (unpaired) electrons. The highest BCUT2D eigenvalue weighted by molar-refractivity contribution is 7.15. The Morgan fingerprint density at radius 1 is 1.38 bits per heavy atom. The highest BCUT2D eigenvalue weighted by Gasteiger charge is 2.32. The highest BCUT2D eigenvalue weighted by Crippen LogP contribution is 2.45. The van der Waals surface area contributed by atoms with Gasteiger partial charge in [0.1, 0.15) is 5.39 Å². The number of fused-ring (bicyclic) bond motifs is 2. The first-order valence-electron chi connectivity index (χ1n) is 10.9. The number of thiophene rings is 1. The zero-order chi connectivity index (χ0) is 22.7. The summed E-state index contributed by atoms with van der Waals surface area (Å²) in [5, 5.41) is 9.51. The number of nitrogens with one attached hydrogen (secondary N) is 1. The molecule has 2 unspecified atom stereocenters. The van der Waals surface area contributed by atoms with Crippen molar-refractivity contribution in [2.24, 2.45) is 11.7 Å². The van der Waals surface area contributed by atoms with Crippen LogP contribution in [0.25, 0.3) is 21.3 Å². The van der Waals surface area contributed by atoms with Crippen LogP contribution in [0, 0.1) is 18.7 Å². The monoisotopic (exact) mass is 459 g/mol. The van der Waals surface area contributed by atoms with Gasteiger partial charge in [-0.05, 0) is 62.1 Å². The first-order valence-corrected chi connectivity index (χ1v) is 11.7. The van der Waals surface area contributed by atoms with E-state index >= 15 is 4.39 Å². The van der Waals surface area contributed by atoms with Crippen molar-refractivity contribution in [1.29, 1.82) is 0 Å². The van der Waals surface area contributed by atoms with Gasteiger partial charge in [-0.15, -0.1) is 11.3 Å². The normalized spacial score (nSPS) is 19.2. The van der Waals surface area contributed by atoms with E-state index in [0.717, 1.165) is 42.5 Å². The van der Waals surface area contributed by atoms with Crippen molar-refractivity contribution in [2.75, 3.05) is 13.7 Å². The average molecular weight is 460 g/mol. The lowest BCUT2D eigenvalue weighted by molar-refractivity contribution is 0.216. The molecule has 5 rings (SSSR count). The van der Waals surface area contributed by atoms with Crippen molar-refractivity contribution < 1.29 is 14.2 Å². The fourth-order valence-corrected chi connectivity index (χ4v) is 6.29. The van der Waals surface area contributed by atoms with Crippen molar-refractivity contribution >= 4 is 22.2 Å². The SMILES string of the molecule is COc1c(F)c(-c2cc3c(s2)CCC(C(N)CO)C3)c(C)c2c1c(=O)[nH]c(=O)n2C1CC1. The van der Waals surface area contributed by atoms with E-state index in [0.29, 0.717) is 16.6 Å². The minimum Gasteiger partial charge on any atom is -0.493 e. The van der Waals surface area contributed by atoms with Crippen LogP contribution >= 0.6 is 11.3 Å². The fraction of sp³-hybridized carbons (Fsp3) is 0.478. The summed E-state index contributed by atoms with van der Waals surface area (Å²) >= 11 is 1.53. The second-order valence-corrected chi connectivity index (χ2v) is 9.98. The molecule has 1 aromatic carbocycles. The zero-order valence-electron chi connectivity index (χ0n) is 18.0. The number of nitrogens with zero attached hydrogens (tertiary/aromatic N) is 1. The van der Waals surface area contributed by atoms with Gasteiger partial charge in [0.25, 0.3) is 5.56 Å². The maximum atomic E-state index is 15.8. The molecule has 1 saturated carbocycles. The van der Waals surface area contributed by atoms with E-state index in [-0.39, 0.29) is 35.7 Å². The first-order chi connectivity index (χ1) is 15.3. The Morgan fingerprint density at radius 2 is 2.12 bits per heavy atom. The lowest BCUT2D eigenvalue weighted by Crippen LogP contribution is -2.36. The molecule has 2 aliphatic carbocycles. The number of aromatic amines is 1. The highest BCUT2D eigenvalue weighted by atomic mass is 32.1. The molecule has 4 N–H and O–H groups in total. The van der Waals surface area contributed by atoms with Gasteiger partial charge in [0.2, 0.25) is 0 Å². The van der Waals surface area contributed by atoms with Crippen molar-refractivity contribution in [3.8, 4) is 16.2 Å². The minimum atomic E-state index is -0.640. The third-order valence-corrected chi connectivity index (χ3v) is 8.07. The predicted molar refractivity (Wildman–Crippen MR) is 122 cm³/mol. The Kier molecular flexibility index (Phi) is 5.22. The molecule has 32 heavy (non-hydrogen) atoms. The first kappa shape index (κ1) is 21.4. The van der Waals surface area contributed by atoms with E-state index in [1.807, 2.05) is 6.07 Å². The Labute approximate surface area is 187 Å². The number of aromatic nitrogens is 2. The van der Waals surface area contributed by atoms with Crippen molar-refractivity contribution in [2.45, 2.75) is 51.1 Å².